The minimum Gasteiger partial charge on any atom is -0.333 e. The first-order valence-corrected chi connectivity index (χ1v) is 7.93. The minimum atomic E-state index is -0.280. The van der Waals surface area contributed by atoms with Crippen molar-refractivity contribution in [3.63, 3.8) is 0 Å². The van der Waals surface area contributed by atoms with Crippen LogP contribution >= 0.6 is 23.4 Å². The number of hydrogen-bond acceptors (Lipinski definition) is 2. The van der Waals surface area contributed by atoms with Gasteiger partial charge in [0, 0.05) is 10.8 Å². The van der Waals surface area contributed by atoms with Crippen LogP contribution in [0.5, 0.6) is 0 Å². The predicted molar refractivity (Wildman–Crippen MR) is 86.5 cm³/mol. The van der Waals surface area contributed by atoms with Crippen molar-refractivity contribution >= 4 is 34.4 Å². The van der Waals surface area contributed by atoms with Gasteiger partial charge >= 0.3 is 0 Å². The Morgan fingerprint density at radius 3 is 2.71 bits per heavy atom. The van der Waals surface area contributed by atoms with Gasteiger partial charge in [-0.05, 0) is 54.8 Å². The van der Waals surface area contributed by atoms with E-state index in [4.69, 9.17) is 11.6 Å². The Labute approximate surface area is 131 Å². The van der Waals surface area contributed by atoms with E-state index in [1.165, 1.54) is 29.0 Å². The molecule has 0 radical (unpaired) electrons. The van der Waals surface area contributed by atoms with Gasteiger partial charge in [0.1, 0.15) is 5.82 Å². The molecule has 1 N–H and O–H groups in total. The molecule has 0 spiro atoms. The smallest absolute Gasteiger partial charge is 0.166 e. The quantitative estimate of drug-likeness (QED) is 0.666. The summed E-state index contributed by atoms with van der Waals surface area (Å²) in [5.41, 5.74) is 5.02. The van der Waals surface area contributed by atoms with Gasteiger partial charge in [0.15, 0.2) is 5.16 Å². The lowest BCUT2D eigenvalue weighted by atomic mass is 10.1. The van der Waals surface area contributed by atoms with Crippen LogP contribution < -0.4 is 0 Å². The number of imidazole rings is 1. The Hall–Kier alpha value is -1.52. The maximum Gasteiger partial charge on any atom is 0.166 e. The monoisotopic (exact) mass is 320 g/mol. The van der Waals surface area contributed by atoms with Crippen LogP contribution in [0.25, 0.3) is 11.0 Å². The number of halogens is 2. The van der Waals surface area contributed by atoms with Gasteiger partial charge in [0.05, 0.1) is 11.0 Å². The molecule has 0 saturated heterocycles. The van der Waals surface area contributed by atoms with E-state index in [1.54, 1.807) is 12.1 Å². The number of aryl methyl sites for hydroxylation is 2. The largest absolute Gasteiger partial charge is 0.333 e. The van der Waals surface area contributed by atoms with E-state index in [0.717, 1.165) is 16.2 Å². The van der Waals surface area contributed by atoms with Crippen molar-refractivity contribution in [3.8, 4) is 0 Å². The van der Waals surface area contributed by atoms with Crippen LogP contribution in [-0.2, 0) is 5.75 Å². The number of H-pyrrole nitrogens is 1. The summed E-state index contributed by atoms with van der Waals surface area (Å²) in [4.78, 5) is 7.80. The molecule has 0 aliphatic heterocycles. The Balaban J connectivity index is 1.82. The van der Waals surface area contributed by atoms with Gasteiger partial charge in [-0.25, -0.2) is 9.37 Å². The third-order valence-corrected chi connectivity index (χ3v) is 4.61. The van der Waals surface area contributed by atoms with Gasteiger partial charge < -0.3 is 4.98 Å². The summed E-state index contributed by atoms with van der Waals surface area (Å²) < 4.78 is 13.7. The summed E-state index contributed by atoms with van der Waals surface area (Å²) in [6.45, 7) is 4.14. The van der Waals surface area contributed by atoms with E-state index < -0.39 is 0 Å². The fraction of sp³-hybridized carbons (Fsp3) is 0.188. The number of nitrogens with one attached hydrogen (secondary N) is 1. The molecule has 0 saturated carbocycles. The van der Waals surface area contributed by atoms with Gasteiger partial charge in [-0.1, -0.05) is 29.4 Å². The second-order valence-electron chi connectivity index (χ2n) is 5.02. The predicted octanol–water partition coefficient (Wildman–Crippen LogP) is 5.26. The minimum absolute atomic E-state index is 0.280. The Kier molecular flexibility index (Phi) is 3.91. The summed E-state index contributed by atoms with van der Waals surface area (Å²) >= 11 is 7.23. The molecule has 3 rings (SSSR count). The molecule has 2 nitrogen and oxygen atoms in total. The van der Waals surface area contributed by atoms with Crippen LogP contribution in [0.2, 0.25) is 5.02 Å². The fourth-order valence-corrected chi connectivity index (χ4v) is 3.13. The number of nitrogens with zero attached hydrogens (tertiary/aromatic N) is 1. The highest BCUT2D eigenvalue weighted by Crippen LogP contribution is 2.26. The van der Waals surface area contributed by atoms with Crippen molar-refractivity contribution in [3.05, 3.63) is 57.9 Å². The third kappa shape index (κ3) is 3.06. The fourth-order valence-electron chi connectivity index (χ4n) is 2.10. The summed E-state index contributed by atoms with van der Waals surface area (Å²) in [6, 6.07) is 8.90. The molecule has 3 aromatic rings. The van der Waals surface area contributed by atoms with Crippen LogP contribution in [-0.4, -0.2) is 9.97 Å². The average molecular weight is 321 g/mol. The number of rotatable bonds is 3. The molecular weight excluding hydrogens is 307 g/mol. The number of hydrogen-bond donors (Lipinski definition) is 1. The molecule has 0 unspecified atom stereocenters. The molecule has 0 amide bonds. The molecule has 1 aromatic heterocycles. The Bertz CT molecular complexity index is 774. The lowest BCUT2D eigenvalue weighted by Crippen LogP contribution is -1.87. The average Bonchev–Trinajstić information content (AvgIpc) is 2.80. The van der Waals surface area contributed by atoms with Crippen molar-refractivity contribution in [1.82, 2.24) is 9.97 Å². The Morgan fingerprint density at radius 2 is 1.95 bits per heavy atom. The normalized spacial score (nSPS) is 11.2. The standard InChI is InChI=1S/C16H14ClFN2S/c1-9-5-14-15(6-10(9)2)20-16(19-14)21-8-11-3-4-12(17)7-13(11)18/h3-7H,8H2,1-2H3,(H,19,20). The maximum atomic E-state index is 13.7. The molecule has 2 aromatic carbocycles. The molecule has 0 aliphatic carbocycles. The molecule has 21 heavy (non-hydrogen) atoms. The molecular formula is C16H14ClFN2S. The van der Waals surface area contributed by atoms with E-state index in [1.807, 2.05) is 0 Å². The summed E-state index contributed by atoms with van der Waals surface area (Å²) in [6.07, 6.45) is 0. The number of benzene rings is 2. The maximum absolute atomic E-state index is 13.7. The highest BCUT2D eigenvalue weighted by atomic mass is 35.5. The van der Waals surface area contributed by atoms with E-state index in [2.05, 4.69) is 35.9 Å². The number of thioether (sulfide) groups is 1. The van der Waals surface area contributed by atoms with Crippen molar-refractivity contribution in [2.75, 3.05) is 0 Å². The van der Waals surface area contributed by atoms with Gasteiger partial charge in [0.25, 0.3) is 0 Å². The Morgan fingerprint density at radius 1 is 1.19 bits per heavy atom. The third-order valence-electron chi connectivity index (χ3n) is 3.46. The summed E-state index contributed by atoms with van der Waals surface area (Å²) in [7, 11) is 0. The van der Waals surface area contributed by atoms with Crippen molar-refractivity contribution in [2.24, 2.45) is 0 Å². The van der Waals surface area contributed by atoms with Crippen molar-refractivity contribution in [2.45, 2.75) is 24.8 Å². The molecule has 0 atom stereocenters. The lowest BCUT2D eigenvalue weighted by molar-refractivity contribution is 0.617. The van der Waals surface area contributed by atoms with Gasteiger partial charge in [0.2, 0.25) is 0 Å². The van der Waals surface area contributed by atoms with Crippen LogP contribution in [0.1, 0.15) is 16.7 Å². The van der Waals surface area contributed by atoms with Crippen LogP contribution in [0.3, 0.4) is 0 Å². The second-order valence-corrected chi connectivity index (χ2v) is 6.42. The van der Waals surface area contributed by atoms with E-state index in [0.29, 0.717) is 16.3 Å². The molecule has 5 heteroatoms. The zero-order chi connectivity index (χ0) is 15.0. The molecule has 1 heterocycles. The molecule has 0 fully saturated rings. The van der Waals surface area contributed by atoms with Crippen molar-refractivity contribution < 1.29 is 4.39 Å². The molecule has 108 valence electrons. The van der Waals surface area contributed by atoms with Crippen LogP contribution in [0, 0.1) is 19.7 Å². The van der Waals surface area contributed by atoms with Crippen LogP contribution in [0.15, 0.2) is 35.5 Å². The topological polar surface area (TPSA) is 28.7 Å². The van der Waals surface area contributed by atoms with E-state index in [9.17, 15) is 4.39 Å². The second kappa shape index (κ2) is 5.70. The van der Waals surface area contributed by atoms with Crippen LogP contribution in [0.4, 0.5) is 4.39 Å². The summed E-state index contributed by atoms with van der Waals surface area (Å²) in [5.74, 6) is 0.235. The summed E-state index contributed by atoms with van der Waals surface area (Å²) in [5, 5.41) is 1.21. The zero-order valence-corrected chi connectivity index (χ0v) is 13.3. The zero-order valence-electron chi connectivity index (χ0n) is 11.7. The number of fused-ring (bicyclic) bond motifs is 1. The number of aromatic nitrogens is 2. The van der Waals surface area contributed by atoms with Gasteiger partial charge in [-0.3, -0.25) is 0 Å². The van der Waals surface area contributed by atoms with E-state index in [-0.39, 0.29) is 5.82 Å². The van der Waals surface area contributed by atoms with Gasteiger partial charge in [-0.2, -0.15) is 0 Å². The first kappa shape index (κ1) is 14.4. The lowest BCUT2D eigenvalue weighted by Gasteiger charge is -2.01. The highest BCUT2D eigenvalue weighted by molar-refractivity contribution is 7.98. The molecule has 0 aliphatic rings. The number of aromatic amines is 1. The highest BCUT2D eigenvalue weighted by Gasteiger charge is 2.08. The van der Waals surface area contributed by atoms with Gasteiger partial charge in [-0.15, -0.1) is 0 Å². The first-order valence-electron chi connectivity index (χ1n) is 6.56. The first-order chi connectivity index (χ1) is 10.0. The van der Waals surface area contributed by atoms with E-state index >= 15 is 0 Å². The SMILES string of the molecule is Cc1cc2nc(SCc3ccc(Cl)cc3F)[nH]c2cc1C. The molecule has 0 bridgehead atoms. The van der Waals surface area contributed by atoms with Crippen molar-refractivity contribution in [1.29, 1.82) is 0 Å².